The molecule has 4 rings (SSSR count). The van der Waals surface area contributed by atoms with Crippen molar-refractivity contribution >= 4 is 28.6 Å². The first-order valence-electron chi connectivity index (χ1n) is 11.3. The van der Waals surface area contributed by atoms with Crippen molar-refractivity contribution in [1.29, 1.82) is 0 Å². The molecular formula is C26H31N3O2S. The highest BCUT2D eigenvalue weighted by Gasteiger charge is 2.19. The Kier molecular flexibility index (Phi) is 7.80. The molecule has 1 N–H and O–H groups in total. The molecule has 5 nitrogen and oxygen atoms in total. The van der Waals surface area contributed by atoms with Crippen LogP contribution in [0.1, 0.15) is 19.3 Å². The molecule has 1 saturated heterocycles. The number of para-hydroxylation sites is 2. The number of hydrogen-bond acceptors (Lipinski definition) is 5. The van der Waals surface area contributed by atoms with Gasteiger partial charge in [0.1, 0.15) is 5.75 Å². The summed E-state index contributed by atoms with van der Waals surface area (Å²) in [6, 6.07) is 18.4. The summed E-state index contributed by atoms with van der Waals surface area (Å²) in [6.45, 7) is 5.13. The first-order chi connectivity index (χ1) is 15.7. The van der Waals surface area contributed by atoms with Gasteiger partial charge >= 0.3 is 0 Å². The van der Waals surface area contributed by atoms with E-state index >= 15 is 0 Å². The lowest BCUT2D eigenvalue weighted by atomic mass is 10.1. The van der Waals surface area contributed by atoms with Gasteiger partial charge in [0.2, 0.25) is 5.91 Å². The van der Waals surface area contributed by atoms with Crippen molar-refractivity contribution < 1.29 is 9.53 Å². The zero-order valence-corrected chi connectivity index (χ0v) is 19.4. The number of nitrogens with zero attached hydrogens (tertiary/aromatic N) is 2. The van der Waals surface area contributed by atoms with Gasteiger partial charge in [-0.3, -0.25) is 9.69 Å². The van der Waals surface area contributed by atoms with E-state index in [9.17, 15) is 4.79 Å². The number of thiophene rings is 1. The third kappa shape index (κ3) is 5.90. The molecular weight excluding hydrogens is 418 g/mol. The molecule has 1 fully saturated rings. The molecule has 32 heavy (non-hydrogen) atoms. The second kappa shape index (κ2) is 11.2. The Morgan fingerprint density at radius 1 is 0.969 bits per heavy atom. The summed E-state index contributed by atoms with van der Waals surface area (Å²) in [6.07, 6.45) is 2.51. The SMILES string of the molecule is COc1ccccc1N1CCN(CCCCC(=O)Nc2ccc(-c3ccsc3)cc2)CC1. The summed E-state index contributed by atoms with van der Waals surface area (Å²) in [7, 11) is 1.73. The predicted octanol–water partition coefficient (Wildman–Crippen LogP) is 5.35. The quantitative estimate of drug-likeness (QED) is 0.447. The summed E-state index contributed by atoms with van der Waals surface area (Å²) < 4.78 is 5.50. The van der Waals surface area contributed by atoms with Crippen LogP contribution in [0.25, 0.3) is 11.1 Å². The molecule has 0 aliphatic carbocycles. The van der Waals surface area contributed by atoms with Crippen LogP contribution in [0.4, 0.5) is 11.4 Å². The molecule has 0 spiro atoms. The minimum Gasteiger partial charge on any atom is -0.495 e. The number of piperazine rings is 1. The van der Waals surface area contributed by atoms with E-state index in [0.29, 0.717) is 6.42 Å². The van der Waals surface area contributed by atoms with Crippen molar-refractivity contribution in [2.45, 2.75) is 19.3 Å². The second-order valence-corrected chi connectivity index (χ2v) is 8.88. The lowest BCUT2D eigenvalue weighted by Gasteiger charge is -2.36. The highest BCUT2D eigenvalue weighted by Crippen LogP contribution is 2.28. The Hall–Kier alpha value is -2.83. The standard InChI is InChI=1S/C26H31N3O2S/c1-31-25-7-3-2-6-24(25)29-17-15-28(16-18-29)14-5-4-8-26(30)27-23-11-9-21(10-12-23)22-13-19-32-20-22/h2-3,6-7,9-13,19-20H,4-5,8,14-18H2,1H3,(H,27,30). The Labute approximate surface area is 194 Å². The number of nitrogens with one attached hydrogen (secondary N) is 1. The lowest BCUT2D eigenvalue weighted by Crippen LogP contribution is -2.46. The first kappa shape index (κ1) is 22.4. The summed E-state index contributed by atoms with van der Waals surface area (Å²) in [4.78, 5) is 17.2. The molecule has 6 heteroatoms. The molecule has 1 aliphatic rings. The molecule has 1 aromatic heterocycles. The molecule has 0 unspecified atom stereocenters. The van der Waals surface area contributed by atoms with Crippen molar-refractivity contribution in [3.8, 4) is 16.9 Å². The summed E-state index contributed by atoms with van der Waals surface area (Å²) in [5.74, 6) is 1.03. The highest BCUT2D eigenvalue weighted by molar-refractivity contribution is 7.08. The van der Waals surface area contributed by atoms with E-state index in [4.69, 9.17) is 4.74 Å². The summed E-state index contributed by atoms with van der Waals surface area (Å²) in [5, 5.41) is 7.22. The van der Waals surface area contributed by atoms with Crippen LogP contribution in [0.2, 0.25) is 0 Å². The normalized spacial score (nSPS) is 14.3. The van der Waals surface area contributed by atoms with Gasteiger partial charge in [-0.1, -0.05) is 24.3 Å². The van der Waals surface area contributed by atoms with E-state index in [1.165, 1.54) is 16.8 Å². The maximum Gasteiger partial charge on any atom is 0.224 e. The van der Waals surface area contributed by atoms with Crippen molar-refractivity contribution in [2.75, 3.05) is 50.1 Å². The van der Waals surface area contributed by atoms with Gasteiger partial charge in [0.15, 0.2) is 0 Å². The fraction of sp³-hybridized carbons (Fsp3) is 0.346. The van der Waals surface area contributed by atoms with Crippen LogP contribution in [-0.4, -0.2) is 50.6 Å². The molecule has 0 bridgehead atoms. The van der Waals surface area contributed by atoms with E-state index in [2.05, 4.69) is 56.2 Å². The highest BCUT2D eigenvalue weighted by atomic mass is 32.1. The zero-order chi connectivity index (χ0) is 22.2. The van der Waals surface area contributed by atoms with Crippen LogP contribution in [0.3, 0.4) is 0 Å². The fourth-order valence-corrected chi connectivity index (χ4v) is 4.79. The molecule has 3 aromatic rings. The first-order valence-corrected chi connectivity index (χ1v) is 12.2. The number of rotatable bonds is 9. The van der Waals surface area contributed by atoms with Crippen molar-refractivity contribution in [1.82, 2.24) is 4.90 Å². The number of carbonyl (C=O) groups excluding carboxylic acids is 1. The van der Waals surface area contributed by atoms with Gasteiger partial charge in [-0.25, -0.2) is 0 Å². The number of methoxy groups -OCH3 is 1. The molecule has 0 saturated carbocycles. The van der Waals surface area contributed by atoms with E-state index in [1.54, 1.807) is 18.4 Å². The van der Waals surface area contributed by atoms with Crippen molar-refractivity contribution in [3.05, 3.63) is 65.4 Å². The van der Waals surface area contributed by atoms with Gasteiger partial charge < -0.3 is 15.0 Å². The Morgan fingerprint density at radius 3 is 2.47 bits per heavy atom. The second-order valence-electron chi connectivity index (χ2n) is 8.10. The number of unbranched alkanes of at least 4 members (excludes halogenated alkanes) is 1. The van der Waals surface area contributed by atoms with Gasteiger partial charge in [0, 0.05) is 38.3 Å². The van der Waals surface area contributed by atoms with Crippen molar-refractivity contribution in [3.63, 3.8) is 0 Å². The van der Waals surface area contributed by atoms with Gasteiger partial charge in [0.25, 0.3) is 0 Å². The molecule has 168 valence electrons. The van der Waals surface area contributed by atoms with Gasteiger partial charge in [-0.15, -0.1) is 0 Å². The average Bonchev–Trinajstić information content (AvgIpc) is 3.38. The minimum atomic E-state index is 0.0919. The monoisotopic (exact) mass is 449 g/mol. The van der Waals surface area contributed by atoms with Crippen LogP contribution in [0.15, 0.2) is 65.4 Å². The van der Waals surface area contributed by atoms with Crippen molar-refractivity contribution in [2.24, 2.45) is 0 Å². The maximum absolute atomic E-state index is 12.3. The third-order valence-electron chi connectivity index (χ3n) is 5.95. The number of carbonyl (C=O) groups is 1. The van der Waals surface area contributed by atoms with Crippen LogP contribution >= 0.6 is 11.3 Å². The van der Waals surface area contributed by atoms with Gasteiger partial charge in [-0.2, -0.15) is 11.3 Å². The Bertz CT molecular complexity index is 981. The van der Waals surface area contributed by atoms with Crippen LogP contribution in [0.5, 0.6) is 5.75 Å². The number of anilines is 2. The average molecular weight is 450 g/mol. The third-order valence-corrected chi connectivity index (χ3v) is 6.63. The number of benzene rings is 2. The number of amides is 1. The molecule has 2 aromatic carbocycles. The lowest BCUT2D eigenvalue weighted by molar-refractivity contribution is -0.116. The summed E-state index contributed by atoms with van der Waals surface area (Å²) >= 11 is 1.69. The molecule has 1 amide bonds. The van der Waals surface area contributed by atoms with E-state index in [-0.39, 0.29) is 5.91 Å². The fourth-order valence-electron chi connectivity index (χ4n) is 4.12. The van der Waals surface area contributed by atoms with E-state index in [1.807, 2.05) is 24.3 Å². The van der Waals surface area contributed by atoms with Gasteiger partial charge in [0.05, 0.1) is 12.8 Å². The molecule has 0 atom stereocenters. The zero-order valence-electron chi connectivity index (χ0n) is 18.6. The van der Waals surface area contributed by atoms with Crippen LogP contribution in [-0.2, 0) is 4.79 Å². The van der Waals surface area contributed by atoms with Crippen LogP contribution in [0, 0.1) is 0 Å². The van der Waals surface area contributed by atoms with Gasteiger partial charge in [-0.05, 0) is 71.6 Å². The van der Waals surface area contributed by atoms with E-state index < -0.39 is 0 Å². The Balaban J connectivity index is 1.13. The van der Waals surface area contributed by atoms with E-state index in [0.717, 1.165) is 57.0 Å². The topological polar surface area (TPSA) is 44.8 Å². The van der Waals surface area contributed by atoms with Crippen LogP contribution < -0.4 is 15.0 Å². The number of hydrogen-bond donors (Lipinski definition) is 1. The molecule has 0 radical (unpaired) electrons. The number of ether oxygens (including phenoxy) is 1. The smallest absolute Gasteiger partial charge is 0.224 e. The minimum absolute atomic E-state index is 0.0919. The maximum atomic E-state index is 12.3. The predicted molar refractivity (Wildman–Crippen MR) is 134 cm³/mol. The molecule has 2 heterocycles. The Morgan fingerprint density at radius 2 is 1.75 bits per heavy atom. The summed E-state index contributed by atoms with van der Waals surface area (Å²) in [5.41, 5.74) is 4.43. The largest absolute Gasteiger partial charge is 0.495 e. The molecule has 1 aliphatic heterocycles.